The lowest BCUT2D eigenvalue weighted by Crippen LogP contribution is -2.60. The molecular weight excluding hydrogens is 304 g/mol. The molecule has 0 aliphatic carbocycles. The summed E-state index contributed by atoms with van der Waals surface area (Å²) >= 11 is 0. The van der Waals surface area contributed by atoms with Gasteiger partial charge in [0.1, 0.15) is 0 Å². The van der Waals surface area contributed by atoms with Crippen molar-refractivity contribution in [2.45, 2.75) is 24.6 Å². The molecular formula is C18H26N4O2. The minimum Gasteiger partial charge on any atom is -0.389 e. The molecule has 1 saturated heterocycles. The van der Waals surface area contributed by atoms with Crippen LogP contribution in [0.4, 0.5) is 0 Å². The minimum absolute atomic E-state index is 0.0838. The van der Waals surface area contributed by atoms with Crippen LogP contribution < -0.4 is 5.69 Å². The van der Waals surface area contributed by atoms with Crippen LogP contribution in [-0.4, -0.2) is 64.3 Å². The first-order chi connectivity index (χ1) is 11.5. The number of likely N-dealkylation sites (tertiary alicyclic amines) is 1. The molecule has 1 aromatic carbocycles. The Hall–Kier alpha value is -1.89. The predicted octanol–water partition coefficient (Wildman–Crippen LogP) is 0.700. The van der Waals surface area contributed by atoms with Gasteiger partial charge >= 0.3 is 5.69 Å². The Morgan fingerprint density at radius 3 is 2.62 bits per heavy atom. The summed E-state index contributed by atoms with van der Waals surface area (Å²) in [5, 5.41) is 11.0. The number of β-amino-alcohol motifs (C(OH)–C–C–N with tert-alkyl or cyclic N) is 1. The van der Waals surface area contributed by atoms with Crippen molar-refractivity contribution in [1.29, 1.82) is 0 Å². The predicted molar refractivity (Wildman–Crippen MR) is 93.9 cm³/mol. The average molecular weight is 330 g/mol. The van der Waals surface area contributed by atoms with Crippen LogP contribution in [0.3, 0.4) is 0 Å². The van der Waals surface area contributed by atoms with Gasteiger partial charge in [-0.3, -0.25) is 14.4 Å². The summed E-state index contributed by atoms with van der Waals surface area (Å²) in [7, 11) is 4.07. The van der Waals surface area contributed by atoms with Crippen molar-refractivity contribution in [2.24, 2.45) is 0 Å². The zero-order valence-corrected chi connectivity index (χ0v) is 14.4. The molecule has 0 saturated carbocycles. The first kappa shape index (κ1) is 17.0. The zero-order chi connectivity index (χ0) is 17.2. The molecule has 2 N–H and O–H groups in total. The van der Waals surface area contributed by atoms with Crippen molar-refractivity contribution in [2.75, 3.05) is 33.7 Å². The second kappa shape index (κ2) is 6.93. The lowest BCUT2D eigenvalue weighted by molar-refractivity contribution is -0.0688. The van der Waals surface area contributed by atoms with Crippen LogP contribution >= 0.6 is 0 Å². The highest BCUT2D eigenvalue weighted by atomic mass is 16.3. The number of hydrogen-bond acceptors (Lipinski definition) is 4. The van der Waals surface area contributed by atoms with E-state index in [4.69, 9.17) is 0 Å². The Kier molecular flexibility index (Phi) is 4.89. The Labute approximate surface area is 142 Å². The highest BCUT2D eigenvalue weighted by Crippen LogP contribution is 2.37. The van der Waals surface area contributed by atoms with Gasteiger partial charge in [0.05, 0.1) is 11.6 Å². The van der Waals surface area contributed by atoms with Crippen LogP contribution in [-0.2, 0) is 12.1 Å². The molecule has 2 atom stereocenters. The second-order valence-electron chi connectivity index (χ2n) is 6.71. The highest BCUT2D eigenvalue weighted by molar-refractivity contribution is 5.27. The number of aliphatic hydroxyl groups is 1. The van der Waals surface area contributed by atoms with E-state index in [9.17, 15) is 9.90 Å². The number of aromatic amines is 1. The van der Waals surface area contributed by atoms with Crippen LogP contribution in [0.25, 0.3) is 0 Å². The molecule has 0 spiro atoms. The quantitative estimate of drug-likeness (QED) is 0.847. The SMILES string of the molecule is CN(C)[C@@]1(c2ccccc2)CCN(CCn2cc[nH]c2=O)C[C@@H]1O. The topological polar surface area (TPSA) is 64.5 Å². The van der Waals surface area contributed by atoms with E-state index in [0.29, 0.717) is 13.1 Å². The number of piperidine rings is 1. The average Bonchev–Trinajstić information content (AvgIpc) is 2.99. The Balaban J connectivity index is 1.71. The third-order valence-electron chi connectivity index (χ3n) is 5.24. The van der Waals surface area contributed by atoms with E-state index in [-0.39, 0.29) is 11.2 Å². The number of imidazole rings is 1. The molecule has 0 bridgehead atoms. The number of nitrogens with zero attached hydrogens (tertiary/aromatic N) is 3. The number of aliphatic hydroxyl groups excluding tert-OH is 1. The molecule has 6 nitrogen and oxygen atoms in total. The largest absolute Gasteiger partial charge is 0.389 e. The van der Waals surface area contributed by atoms with E-state index in [1.165, 1.54) is 0 Å². The first-order valence-corrected chi connectivity index (χ1v) is 8.41. The third kappa shape index (κ3) is 3.05. The Bertz CT molecular complexity index is 709. The number of nitrogens with one attached hydrogen (secondary N) is 1. The van der Waals surface area contributed by atoms with Gasteiger partial charge in [-0.05, 0) is 26.1 Å². The van der Waals surface area contributed by atoms with Gasteiger partial charge in [0.25, 0.3) is 0 Å². The summed E-state index contributed by atoms with van der Waals surface area (Å²) in [5.74, 6) is 0. The maximum absolute atomic E-state index is 11.6. The summed E-state index contributed by atoms with van der Waals surface area (Å²) in [6.45, 7) is 2.89. The maximum Gasteiger partial charge on any atom is 0.325 e. The zero-order valence-electron chi connectivity index (χ0n) is 14.4. The molecule has 24 heavy (non-hydrogen) atoms. The maximum atomic E-state index is 11.6. The van der Waals surface area contributed by atoms with E-state index < -0.39 is 6.10 Å². The number of H-pyrrole nitrogens is 1. The molecule has 130 valence electrons. The molecule has 1 aliphatic rings. The molecule has 0 unspecified atom stereocenters. The highest BCUT2D eigenvalue weighted by Gasteiger charge is 2.45. The van der Waals surface area contributed by atoms with Gasteiger partial charge in [-0.25, -0.2) is 4.79 Å². The fourth-order valence-corrected chi connectivity index (χ4v) is 3.80. The molecule has 1 aromatic heterocycles. The van der Waals surface area contributed by atoms with Gasteiger partial charge in [-0.2, -0.15) is 0 Å². The smallest absolute Gasteiger partial charge is 0.325 e. The van der Waals surface area contributed by atoms with Crippen molar-refractivity contribution in [1.82, 2.24) is 19.4 Å². The molecule has 6 heteroatoms. The van der Waals surface area contributed by atoms with E-state index in [1.54, 1.807) is 17.0 Å². The van der Waals surface area contributed by atoms with E-state index in [1.807, 2.05) is 32.3 Å². The molecule has 2 heterocycles. The van der Waals surface area contributed by atoms with Crippen molar-refractivity contribution in [3.05, 3.63) is 58.8 Å². The lowest BCUT2D eigenvalue weighted by atomic mass is 9.77. The molecule has 1 fully saturated rings. The van der Waals surface area contributed by atoms with Crippen LogP contribution in [0.2, 0.25) is 0 Å². The van der Waals surface area contributed by atoms with Crippen molar-refractivity contribution in [3.63, 3.8) is 0 Å². The summed E-state index contributed by atoms with van der Waals surface area (Å²) in [6, 6.07) is 10.2. The molecule has 2 aromatic rings. The van der Waals surface area contributed by atoms with Gasteiger partial charge in [-0.1, -0.05) is 30.3 Å². The van der Waals surface area contributed by atoms with Gasteiger partial charge in [-0.15, -0.1) is 0 Å². The van der Waals surface area contributed by atoms with E-state index in [0.717, 1.165) is 25.1 Å². The van der Waals surface area contributed by atoms with Crippen LogP contribution in [0, 0.1) is 0 Å². The Morgan fingerprint density at radius 1 is 1.29 bits per heavy atom. The van der Waals surface area contributed by atoms with Gasteiger partial charge in [0.15, 0.2) is 0 Å². The standard InChI is InChI=1S/C18H26N4O2/c1-20(2)18(15-6-4-3-5-7-15)8-10-21(14-16(18)23)12-13-22-11-9-19-17(22)24/h3-7,9,11,16,23H,8,10,12-14H2,1-2H3,(H,19,24)/t16-,18+/m0/s1. The van der Waals surface area contributed by atoms with Crippen molar-refractivity contribution < 1.29 is 5.11 Å². The first-order valence-electron chi connectivity index (χ1n) is 8.41. The number of benzene rings is 1. The fourth-order valence-electron chi connectivity index (χ4n) is 3.80. The van der Waals surface area contributed by atoms with Crippen LogP contribution in [0.5, 0.6) is 0 Å². The van der Waals surface area contributed by atoms with E-state index >= 15 is 0 Å². The summed E-state index contributed by atoms with van der Waals surface area (Å²) in [4.78, 5) is 18.6. The molecule has 3 rings (SSSR count). The summed E-state index contributed by atoms with van der Waals surface area (Å²) < 4.78 is 1.66. The van der Waals surface area contributed by atoms with Crippen molar-refractivity contribution in [3.8, 4) is 0 Å². The van der Waals surface area contributed by atoms with E-state index in [2.05, 4.69) is 26.9 Å². The number of likely N-dealkylation sites (N-methyl/N-ethyl adjacent to an activating group) is 1. The molecule has 0 amide bonds. The third-order valence-corrected chi connectivity index (χ3v) is 5.24. The number of rotatable bonds is 5. The normalized spacial score (nSPS) is 25.2. The monoisotopic (exact) mass is 330 g/mol. The molecule has 1 aliphatic heterocycles. The van der Waals surface area contributed by atoms with Gasteiger partial charge in [0, 0.05) is 38.6 Å². The minimum atomic E-state index is -0.480. The van der Waals surface area contributed by atoms with Crippen LogP contribution in [0.15, 0.2) is 47.5 Å². The number of aromatic nitrogens is 2. The number of hydrogen-bond donors (Lipinski definition) is 2. The summed E-state index contributed by atoms with van der Waals surface area (Å²) in [6.07, 6.45) is 3.79. The van der Waals surface area contributed by atoms with Gasteiger partial charge < -0.3 is 10.1 Å². The van der Waals surface area contributed by atoms with Crippen molar-refractivity contribution >= 4 is 0 Å². The van der Waals surface area contributed by atoms with Crippen LogP contribution in [0.1, 0.15) is 12.0 Å². The lowest BCUT2D eigenvalue weighted by Gasteiger charge is -2.50. The molecule has 0 radical (unpaired) electrons. The van der Waals surface area contributed by atoms with Gasteiger partial charge in [0.2, 0.25) is 0 Å². The fraction of sp³-hybridized carbons (Fsp3) is 0.500. The summed E-state index contributed by atoms with van der Waals surface area (Å²) in [5.41, 5.74) is 0.714. The Morgan fingerprint density at radius 2 is 2.04 bits per heavy atom. The second-order valence-corrected chi connectivity index (χ2v) is 6.71.